The molecule has 7 nitrogen and oxygen atoms in total. The fraction of sp³-hybridized carbons (Fsp3) is 0.619. The van der Waals surface area contributed by atoms with Crippen LogP contribution in [0.3, 0.4) is 0 Å². The van der Waals surface area contributed by atoms with Crippen molar-refractivity contribution in [3.8, 4) is 0 Å². The van der Waals surface area contributed by atoms with Crippen LogP contribution in [0, 0.1) is 12.3 Å². The van der Waals surface area contributed by atoms with E-state index in [0.29, 0.717) is 31.8 Å². The molecule has 28 heavy (non-hydrogen) atoms. The normalized spacial score (nSPS) is 27.9. The molecule has 1 aromatic carbocycles. The molecule has 4 rings (SSSR count). The van der Waals surface area contributed by atoms with E-state index in [1.165, 1.54) is 4.90 Å². The number of ether oxygens (including phenoxy) is 2. The first-order valence-electron chi connectivity index (χ1n) is 9.83. The molecule has 1 amide bonds. The van der Waals surface area contributed by atoms with E-state index in [9.17, 15) is 14.7 Å². The van der Waals surface area contributed by atoms with Crippen LogP contribution in [0.5, 0.6) is 0 Å². The molecule has 3 atom stereocenters. The van der Waals surface area contributed by atoms with E-state index in [4.69, 9.17) is 9.47 Å². The fourth-order valence-corrected chi connectivity index (χ4v) is 4.66. The van der Waals surface area contributed by atoms with Crippen LogP contribution in [0.2, 0.25) is 0 Å². The van der Waals surface area contributed by atoms with E-state index >= 15 is 0 Å². The second-order valence-corrected chi connectivity index (χ2v) is 9.14. The molecule has 0 aromatic heterocycles. The number of rotatable bonds is 1. The number of piperazine rings is 1. The Hall–Kier alpha value is -2.12. The monoisotopic (exact) mass is 388 g/mol. The molecular formula is C21H28N2O5. The van der Waals surface area contributed by atoms with Gasteiger partial charge < -0.3 is 19.5 Å². The number of benzene rings is 1. The van der Waals surface area contributed by atoms with Crippen molar-refractivity contribution in [1.29, 1.82) is 0 Å². The van der Waals surface area contributed by atoms with E-state index in [1.807, 2.05) is 19.1 Å². The Labute approximate surface area is 165 Å². The summed E-state index contributed by atoms with van der Waals surface area (Å²) in [6.45, 7) is 11.1. The van der Waals surface area contributed by atoms with E-state index in [-0.39, 0.29) is 29.6 Å². The lowest BCUT2D eigenvalue weighted by molar-refractivity contribution is -0.173. The number of carboxylic acid groups (broad SMARTS) is 1. The molecule has 3 heterocycles. The largest absolute Gasteiger partial charge is 0.465 e. The third kappa shape index (κ3) is 3.26. The highest BCUT2D eigenvalue weighted by Gasteiger charge is 2.46. The molecule has 7 heteroatoms. The number of morpholine rings is 1. The molecule has 152 valence electrons. The minimum absolute atomic E-state index is 0.0424. The molecule has 0 aliphatic carbocycles. The number of carbonyl (C=O) groups is 2. The van der Waals surface area contributed by atoms with Gasteiger partial charge in [0.25, 0.3) is 0 Å². The number of hydrogen-bond donors (Lipinski definition) is 1. The van der Waals surface area contributed by atoms with E-state index in [2.05, 4.69) is 25.7 Å². The summed E-state index contributed by atoms with van der Waals surface area (Å²) in [5, 5.41) is 9.42. The number of nitrogens with zero attached hydrogens (tertiary/aromatic N) is 2. The van der Waals surface area contributed by atoms with Crippen molar-refractivity contribution in [2.75, 3.05) is 26.2 Å². The summed E-state index contributed by atoms with van der Waals surface area (Å²) in [5.41, 5.74) is 3.55. The van der Waals surface area contributed by atoms with Gasteiger partial charge in [-0.1, -0.05) is 20.8 Å². The summed E-state index contributed by atoms with van der Waals surface area (Å²) in [5.74, 6) is -0.258. The highest BCUT2D eigenvalue weighted by atomic mass is 16.5. The number of fused-ring (bicyclic) bond motifs is 2. The average Bonchev–Trinajstić information content (AvgIpc) is 2.98. The molecule has 1 aromatic rings. The molecule has 0 spiro atoms. The summed E-state index contributed by atoms with van der Waals surface area (Å²) in [4.78, 5) is 27.2. The van der Waals surface area contributed by atoms with Crippen molar-refractivity contribution >= 4 is 12.1 Å². The molecule has 3 aliphatic rings. The first kappa shape index (κ1) is 19.2. The lowest BCUT2D eigenvalue weighted by Gasteiger charge is -2.53. The zero-order chi connectivity index (χ0) is 20.2. The Morgan fingerprint density at radius 2 is 1.96 bits per heavy atom. The van der Waals surface area contributed by atoms with Gasteiger partial charge in [-0.3, -0.25) is 4.90 Å². The van der Waals surface area contributed by atoms with E-state index in [0.717, 1.165) is 23.2 Å². The summed E-state index contributed by atoms with van der Waals surface area (Å²) in [7, 11) is 0. The number of carbonyl (C=O) groups excluding carboxylic acids is 1. The molecular weight excluding hydrogens is 360 g/mol. The highest BCUT2D eigenvalue weighted by Crippen LogP contribution is 2.40. The highest BCUT2D eigenvalue weighted by molar-refractivity contribution is 5.93. The quantitative estimate of drug-likeness (QED) is 0.746. The molecule has 0 radical (unpaired) electrons. The zero-order valence-electron chi connectivity index (χ0n) is 16.9. The van der Waals surface area contributed by atoms with E-state index < -0.39 is 6.09 Å². The average molecular weight is 388 g/mol. The zero-order valence-corrected chi connectivity index (χ0v) is 16.9. The summed E-state index contributed by atoms with van der Waals surface area (Å²) < 4.78 is 11.8. The van der Waals surface area contributed by atoms with Gasteiger partial charge in [-0.25, -0.2) is 9.59 Å². The van der Waals surface area contributed by atoms with Gasteiger partial charge in [-0.05, 0) is 35.6 Å². The van der Waals surface area contributed by atoms with Gasteiger partial charge in [0.2, 0.25) is 0 Å². The predicted molar refractivity (Wildman–Crippen MR) is 102 cm³/mol. The summed E-state index contributed by atoms with van der Waals surface area (Å²) in [6, 6.07) is 4.00. The van der Waals surface area contributed by atoms with Gasteiger partial charge in [0.15, 0.2) is 0 Å². The minimum Gasteiger partial charge on any atom is -0.465 e. The van der Waals surface area contributed by atoms with Crippen LogP contribution in [0.1, 0.15) is 53.9 Å². The molecule has 3 aliphatic heterocycles. The Kier molecular flexibility index (Phi) is 4.62. The van der Waals surface area contributed by atoms with Crippen LogP contribution < -0.4 is 0 Å². The van der Waals surface area contributed by atoms with Crippen molar-refractivity contribution in [1.82, 2.24) is 9.80 Å². The first-order valence-corrected chi connectivity index (χ1v) is 9.83. The second-order valence-electron chi connectivity index (χ2n) is 9.14. The van der Waals surface area contributed by atoms with Crippen molar-refractivity contribution in [3.05, 3.63) is 34.4 Å². The topological polar surface area (TPSA) is 79.3 Å². The van der Waals surface area contributed by atoms with Gasteiger partial charge in [-0.2, -0.15) is 0 Å². The lowest BCUT2D eigenvalue weighted by Crippen LogP contribution is -2.65. The molecule has 2 fully saturated rings. The fourth-order valence-electron chi connectivity index (χ4n) is 4.66. The molecule has 2 saturated heterocycles. The standard InChI is InChI=1S/C21H28N2O5/c1-12-7-15-13(11-27-19(15)24)8-14(12)17-10-22-5-6-23(20(25)26)9-16(22)18(28-17)21(2,3)4/h7-8,16-18H,5-6,9-11H2,1-4H3,(H,25,26)/t16-,17+,18?/m0/s1. The van der Waals surface area contributed by atoms with Crippen LogP contribution in [0.4, 0.5) is 4.79 Å². The van der Waals surface area contributed by atoms with Crippen molar-refractivity contribution in [3.63, 3.8) is 0 Å². The first-order chi connectivity index (χ1) is 13.1. The van der Waals surface area contributed by atoms with Crippen molar-refractivity contribution in [2.45, 2.75) is 52.6 Å². The van der Waals surface area contributed by atoms with Crippen molar-refractivity contribution < 1.29 is 24.2 Å². The Balaban J connectivity index is 1.65. The molecule has 1 N–H and O–H groups in total. The van der Waals surface area contributed by atoms with Crippen LogP contribution in [-0.4, -0.2) is 65.3 Å². The maximum absolute atomic E-state index is 11.8. The SMILES string of the molecule is Cc1cc2c(cc1[C@H]1CN3CCN(C(=O)O)C[C@H]3C(C(C)(C)C)O1)COC2=O. The third-order valence-electron chi connectivity index (χ3n) is 6.14. The van der Waals surface area contributed by atoms with E-state index in [1.54, 1.807) is 0 Å². The van der Waals surface area contributed by atoms with Gasteiger partial charge in [0, 0.05) is 31.7 Å². The van der Waals surface area contributed by atoms with Crippen molar-refractivity contribution in [2.24, 2.45) is 5.41 Å². The van der Waals surface area contributed by atoms with Crippen LogP contribution in [0.15, 0.2) is 12.1 Å². The Morgan fingerprint density at radius 3 is 2.64 bits per heavy atom. The maximum atomic E-state index is 11.8. The molecule has 0 bridgehead atoms. The number of aryl methyl sites for hydroxylation is 1. The third-order valence-corrected chi connectivity index (χ3v) is 6.14. The van der Waals surface area contributed by atoms with Crippen LogP contribution in [0.25, 0.3) is 0 Å². The number of hydrogen-bond acceptors (Lipinski definition) is 5. The second kappa shape index (κ2) is 6.74. The maximum Gasteiger partial charge on any atom is 0.407 e. The Morgan fingerprint density at radius 1 is 1.21 bits per heavy atom. The summed E-state index contributed by atoms with van der Waals surface area (Å²) >= 11 is 0. The van der Waals surface area contributed by atoms with Gasteiger partial charge in [0.1, 0.15) is 6.61 Å². The number of esters is 1. The predicted octanol–water partition coefficient (Wildman–Crippen LogP) is 2.82. The molecule has 1 unspecified atom stereocenters. The number of amides is 1. The lowest BCUT2D eigenvalue weighted by atomic mass is 9.81. The van der Waals surface area contributed by atoms with Crippen LogP contribution >= 0.6 is 0 Å². The Bertz CT molecular complexity index is 816. The van der Waals surface area contributed by atoms with Gasteiger partial charge >= 0.3 is 12.1 Å². The smallest absolute Gasteiger partial charge is 0.407 e. The van der Waals surface area contributed by atoms with Gasteiger partial charge in [0.05, 0.1) is 23.8 Å². The summed E-state index contributed by atoms with van der Waals surface area (Å²) in [6.07, 6.45) is -1.08. The number of cyclic esters (lactones) is 1. The van der Waals surface area contributed by atoms with Crippen LogP contribution in [-0.2, 0) is 16.1 Å². The van der Waals surface area contributed by atoms with Gasteiger partial charge in [-0.15, -0.1) is 0 Å². The minimum atomic E-state index is -0.867. The molecule has 0 saturated carbocycles.